The summed E-state index contributed by atoms with van der Waals surface area (Å²) in [6.07, 6.45) is 1.31. The van der Waals surface area contributed by atoms with Crippen molar-refractivity contribution in [3.8, 4) is 0 Å². The molecule has 0 radical (unpaired) electrons. The summed E-state index contributed by atoms with van der Waals surface area (Å²) < 4.78 is 15.4. The molecule has 0 unspecified atom stereocenters. The maximum atomic E-state index is 12.7. The summed E-state index contributed by atoms with van der Waals surface area (Å²) in [6.45, 7) is 0. The van der Waals surface area contributed by atoms with Gasteiger partial charge >= 0.3 is 5.97 Å². The highest BCUT2D eigenvalue weighted by molar-refractivity contribution is 5.98. The molecule has 0 aliphatic heterocycles. The number of nitrogens with one attached hydrogen (secondary N) is 2. The number of amides is 1. The largest absolute Gasteiger partial charge is 0.465 e. The number of carbonyl (C=O) groups excluding carboxylic acids is 2. The van der Waals surface area contributed by atoms with Gasteiger partial charge in [0.25, 0.3) is 0 Å². The highest BCUT2D eigenvalue weighted by Gasteiger charge is 2.19. The Morgan fingerprint density at radius 1 is 1.07 bits per heavy atom. The molecule has 1 aromatic heterocycles. The molecule has 0 aliphatic carbocycles. The van der Waals surface area contributed by atoms with Crippen LogP contribution in [-0.4, -0.2) is 38.2 Å². The van der Waals surface area contributed by atoms with Gasteiger partial charge in [-0.15, -0.1) is 0 Å². The molecule has 7 nitrogen and oxygen atoms in total. The number of carbonyl (C=O) groups is 2. The molecule has 146 valence electrons. The van der Waals surface area contributed by atoms with Crippen molar-refractivity contribution >= 4 is 28.5 Å². The van der Waals surface area contributed by atoms with Crippen LogP contribution in [-0.2, 0) is 25.4 Å². The van der Waals surface area contributed by atoms with E-state index in [0.717, 1.165) is 16.5 Å². The van der Waals surface area contributed by atoms with Crippen LogP contribution in [0, 0.1) is 0 Å². The SMILES string of the molecule is COC(=O)c1ccc(C(OC)OC)c(NC(=O)Cc2c[nH]c3ccccc23)c1. The molecule has 0 atom stereocenters. The van der Waals surface area contributed by atoms with Crippen molar-refractivity contribution in [2.24, 2.45) is 0 Å². The van der Waals surface area contributed by atoms with E-state index in [-0.39, 0.29) is 12.3 Å². The lowest BCUT2D eigenvalue weighted by atomic mass is 10.1. The normalized spacial score (nSPS) is 11.0. The number of esters is 1. The molecule has 7 heteroatoms. The Labute approximate surface area is 162 Å². The molecule has 2 N–H and O–H groups in total. The smallest absolute Gasteiger partial charge is 0.337 e. The molecule has 0 saturated carbocycles. The van der Waals surface area contributed by atoms with Gasteiger partial charge in [0.1, 0.15) is 0 Å². The summed E-state index contributed by atoms with van der Waals surface area (Å²) in [7, 11) is 4.30. The number of hydrogen-bond donors (Lipinski definition) is 2. The van der Waals surface area contributed by atoms with Crippen LogP contribution in [0.2, 0.25) is 0 Å². The maximum absolute atomic E-state index is 12.7. The number of methoxy groups -OCH3 is 3. The highest BCUT2D eigenvalue weighted by Crippen LogP contribution is 2.28. The molecule has 0 spiro atoms. The average Bonchev–Trinajstić information content (AvgIpc) is 3.12. The number of aromatic nitrogens is 1. The van der Waals surface area contributed by atoms with Crippen LogP contribution >= 0.6 is 0 Å². The van der Waals surface area contributed by atoms with Gasteiger partial charge in [-0.2, -0.15) is 0 Å². The zero-order valence-corrected chi connectivity index (χ0v) is 15.9. The van der Waals surface area contributed by atoms with Crippen LogP contribution in [0.15, 0.2) is 48.7 Å². The zero-order chi connectivity index (χ0) is 20.1. The van der Waals surface area contributed by atoms with E-state index in [9.17, 15) is 9.59 Å². The lowest BCUT2D eigenvalue weighted by molar-refractivity contribution is -0.115. The van der Waals surface area contributed by atoms with Crippen molar-refractivity contribution in [2.45, 2.75) is 12.7 Å². The molecule has 2 aromatic carbocycles. The number of rotatable bonds is 7. The van der Waals surface area contributed by atoms with Gasteiger partial charge in [0.15, 0.2) is 6.29 Å². The molecule has 3 aromatic rings. The van der Waals surface area contributed by atoms with Crippen molar-refractivity contribution in [2.75, 3.05) is 26.6 Å². The fraction of sp³-hybridized carbons (Fsp3) is 0.238. The van der Waals surface area contributed by atoms with E-state index < -0.39 is 12.3 Å². The summed E-state index contributed by atoms with van der Waals surface area (Å²) in [5.74, 6) is -0.718. The van der Waals surface area contributed by atoms with Crippen LogP contribution in [0.5, 0.6) is 0 Å². The third-order valence-corrected chi connectivity index (χ3v) is 4.46. The Bertz CT molecular complexity index is 991. The summed E-state index contributed by atoms with van der Waals surface area (Å²) >= 11 is 0. The number of aromatic amines is 1. The van der Waals surface area contributed by atoms with Gasteiger partial charge in [-0.3, -0.25) is 4.79 Å². The molecule has 1 heterocycles. The first-order valence-electron chi connectivity index (χ1n) is 8.70. The number of H-pyrrole nitrogens is 1. The third-order valence-electron chi connectivity index (χ3n) is 4.46. The number of anilines is 1. The van der Waals surface area contributed by atoms with Crippen LogP contribution in [0.3, 0.4) is 0 Å². The lowest BCUT2D eigenvalue weighted by Gasteiger charge is -2.19. The number of ether oxygens (including phenoxy) is 3. The van der Waals surface area contributed by atoms with Crippen molar-refractivity contribution in [3.05, 3.63) is 65.4 Å². The van der Waals surface area contributed by atoms with Gasteiger partial charge in [-0.25, -0.2) is 4.79 Å². The second-order valence-corrected chi connectivity index (χ2v) is 6.18. The Hall–Kier alpha value is -3.16. The number of hydrogen-bond acceptors (Lipinski definition) is 5. The maximum Gasteiger partial charge on any atom is 0.337 e. The molecule has 3 rings (SSSR count). The quantitative estimate of drug-likeness (QED) is 0.483. The summed E-state index contributed by atoms with van der Waals surface area (Å²) in [6, 6.07) is 12.6. The van der Waals surface area contributed by atoms with Crippen LogP contribution in [0.1, 0.15) is 27.8 Å². The third kappa shape index (κ3) is 4.05. The van der Waals surface area contributed by atoms with Crippen LogP contribution in [0.25, 0.3) is 10.9 Å². The predicted molar refractivity (Wildman–Crippen MR) is 105 cm³/mol. The van der Waals surface area contributed by atoms with E-state index in [1.165, 1.54) is 21.3 Å². The first kappa shape index (κ1) is 19.6. The molecule has 0 bridgehead atoms. The molecule has 0 saturated heterocycles. The molecular weight excluding hydrogens is 360 g/mol. The lowest BCUT2D eigenvalue weighted by Crippen LogP contribution is -2.18. The van der Waals surface area contributed by atoms with Crippen molar-refractivity contribution < 1.29 is 23.8 Å². The fourth-order valence-corrected chi connectivity index (χ4v) is 3.11. The Balaban J connectivity index is 1.88. The van der Waals surface area contributed by atoms with E-state index >= 15 is 0 Å². The molecule has 1 amide bonds. The first-order valence-corrected chi connectivity index (χ1v) is 8.70. The van der Waals surface area contributed by atoms with E-state index in [1.807, 2.05) is 30.5 Å². The molecule has 28 heavy (non-hydrogen) atoms. The molecular formula is C21H22N2O5. The van der Waals surface area contributed by atoms with Gasteiger partial charge in [0.2, 0.25) is 5.91 Å². The molecule has 0 fully saturated rings. The zero-order valence-electron chi connectivity index (χ0n) is 15.9. The standard InChI is InChI=1S/C21H22N2O5/c1-26-20(25)13-8-9-16(21(27-2)28-3)18(10-13)23-19(24)11-14-12-22-17-7-5-4-6-15(14)17/h4-10,12,21-22H,11H2,1-3H3,(H,23,24). The average molecular weight is 382 g/mol. The second-order valence-electron chi connectivity index (χ2n) is 6.18. The van der Waals surface area contributed by atoms with Gasteiger partial charge < -0.3 is 24.5 Å². The minimum Gasteiger partial charge on any atom is -0.465 e. The summed E-state index contributed by atoms with van der Waals surface area (Å²) in [5, 5.41) is 3.85. The van der Waals surface area contributed by atoms with E-state index in [0.29, 0.717) is 16.8 Å². The minimum absolute atomic E-state index is 0.177. The van der Waals surface area contributed by atoms with E-state index in [1.54, 1.807) is 18.2 Å². The van der Waals surface area contributed by atoms with Crippen LogP contribution < -0.4 is 5.32 Å². The summed E-state index contributed by atoms with van der Waals surface area (Å²) in [5.41, 5.74) is 3.21. The Kier molecular flexibility index (Phi) is 6.08. The van der Waals surface area contributed by atoms with Gasteiger partial charge in [0.05, 0.1) is 19.1 Å². The van der Waals surface area contributed by atoms with Gasteiger partial charge in [0, 0.05) is 42.6 Å². The number of fused-ring (bicyclic) bond motifs is 1. The first-order chi connectivity index (χ1) is 13.6. The number of benzene rings is 2. The minimum atomic E-state index is -0.685. The Morgan fingerprint density at radius 2 is 1.82 bits per heavy atom. The predicted octanol–water partition coefficient (Wildman–Crippen LogP) is 3.43. The Morgan fingerprint density at radius 3 is 2.54 bits per heavy atom. The van der Waals surface area contributed by atoms with Crippen molar-refractivity contribution in [1.82, 2.24) is 4.98 Å². The summed E-state index contributed by atoms with van der Waals surface area (Å²) in [4.78, 5) is 27.7. The monoisotopic (exact) mass is 382 g/mol. The van der Waals surface area contributed by atoms with Gasteiger partial charge in [-0.1, -0.05) is 24.3 Å². The van der Waals surface area contributed by atoms with Gasteiger partial charge in [-0.05, 0) is 23.8 Å². The van der Waals surface area contributed by atoms with Crippen molar-refractivity contribution in [1.29, 1.82) is 0 Å². The van der Waals surface area contributed by atoms with E-state index in [4.69, 9.17) is 14.2 Å². The topological polar surface area (TPSA) is 89.7 Å². The number of para-hydroxylation sites is 1. The fourth-order valence-electron chi connectivity index (χ4n) is 3.11. The van der Waals surface area contributed by atoms with Crippen molar-refractivity contribution in [3.63, 3.8) is 0 Å². The molecule has 0 aliphatic rings. The highest BCUT2D eigenvalue weighted by atomic mass is 16.7. The van der Waals surface area contributed by atoms with Crippen LogP contribution in [0.4, 0.5) is 5.69 Å². The second kappa shape index (κ2) is 8.69. The van der Waals surface area contributed by atoms with E-state index in [2.05, 4.69) is 10.3 Å².